The van der Waals surface area contributed by atoms with Gasteiger partial charge in [0.25, 0.3) is 0 Å². The van der Waals surface area contributed by atoms with Gasteiger partial charge < -0.3 is 4.74 Å². The number of hydrogen-bond donors (Lipinski definition) is 0. The molecule has 2 aromatic carbocycles. The van der Waals surface area contributed by atoms with Crippen molar-refractivity contribution in [2.24, 2.45) is 0 Å². The highest BCUT2D eigenvalue weighted by Gasteiger charge is 2.60. The second-order valence-corrected chi connectivity index (χ2v) is 4.78. The molecule has 0 unspecified atom stereocenters. The van der Waals surface area contributed by atoms with Gasteiger partial charge in [-0.1, -0.05) is 41.9 Å². The van der Waals surface area contributed by atoms with Crippen LogP contribution < -0.4 is 0 Å². The van der Waals surface area contributed by atoms with Crippen molar-refractivity contribution in [1.29, 1.82) is 5.26 Å². The Morgan fingerprint density at radius 1 is 1.16 bits per heavy atom. The van der Waals surface area contributed by atoms with Gasteiger partial charge in [0, 0.05) is 16.1 Å². The number of halogens is 2. The van der Waals surface area contributed by atoms with Gasteiger partial charge in [0.15, 0.2) is 0 Å². The van der Waals surface area contributed by atoms with Gasteiger partial charge in [-0.25, -0.2) is 4.39 Å². The van der Waals surface area contributed by atoms with E-state index in [2.05, 4.69) is 6.07 Å². The summed E-state index contributed by atoms with van der Waals surface area (Å²) >= 11 is 6.11. The zero-order valence-electron chi connectivity index (χ0n) is 9.81. The molecule has 0 saturated carbocycles. The van der Waals surface area contributed by atoms with E-state index in [4.69, 9.17) is 16.3 Å². The van der Waals surface area contributed by atoms with Crippen molar-refractivity contribution in [2.75, 3.05) is 0 Å². The molecule has 1 aliphatic rings. The standard InChI is InChI=1S/C15H9ClFNO/c16-13-4-2-1-3-12(13)14-15(9-18,19-14)10-5-7-11(17)8-6-10/h1-8,14H/t14-,15-/m0/s1. The molecular weight excluding hydrogens is 265 g/mol. The Morgan fingerprint density at radius 3 is 2.47 bits per heavy atom. The predicted molar refractivity (Wildman–Crippen MR) is 69.0 cm³/mol. The van der Waals surface area contributed by atoms with E-state index in [0.29, 0.717) is 10.6 Å². The van der Waals surface area contributed by atoms with Gasteiger partial charge in [0.2, 0.25) is 5.60 Å². The third-order valence-electron chi connectivity index (χ3n) is 3.24. The fourth-order valence-corrected chi connectivity index (χ4v) is 2.42. The number of benzene rings is 2. The molecule has 3 rings (SSSR count). The van der Waals surface area contributed by atoms with Crippen LogP contribution in [0.4, 0.5) is 4.39 Å². The Kier molecular flexibility index (Phi) is 2.78. The average molecular weight is 274 g/mol. The third-order valence-corrected chi connectivity index (χ3v) is 3.59. The Hall–Kier alpha value is -1.89. The van der Waals surface area contributed by atoms with Gasteiger partial charge in [-0.2, -0.15) is 5.26 Å². The molecule has 94 valence electrons. The number of epoxide rings is 1. The fraction of sp³-hybridized carbons (Fsp3) is 0.133. The van der Waals surface area contributed by atoms with Crippen LogP contribution in [0.2, 0.25) is 5.02 Å². The first-order valence-electron chi connectivity index (χ1n) is 5.77. The normalized spacial score (nSPS) is 24.8. The lowest BCUT2D eigenvalue weighted by atomic mass is 9.93. The monoisotopic (exact) mass is 273 g/mol. The highest BCUT2D eigenvalue weighted by molar-refractivity contribution is 6.31. The summed E-state index contributed by atoms with van der Waals surface area (Å²) in [5.41, 5.74) is 0.356. The maximum Gasteiger partial charge on any atom is 0.210 e. The molecule has 0 aliphatic carbocycles. The van der Waals surface area contributed by atoms with Crippen LogP contribution in [0.25, 0.3) is 0 Å². The van der Waals surface area contributed by atoms with Gasteiger partial charge >= 0.3 is 0 Å². The molecule has 1 fully saturated rings. The van der Waals surface area contributed by atoms with Crippen molar-refractivity contribution in [2.45, 2.75) is 11.7 Å². The van der Waals surface area contributed by atoms with E-state index in [1.165, 1.54) is 12.1 Å². The smallest absolute Gasteiger partial charge is 0.210 e. The molecule has 1 saturated heterocycles. The van der Waals surface area contributed by atoms with Crippen LogP contribution in [0.15, 0.2) is 48.5 Å². The second kappa shape index (κ2) is 4.34. The maximum atomic E-state index is 12.9. The van der Waals surface area contributed by atoms with Gasteiger partial charge in [-0.3, -0.25) is 0 Å². The number of hydrogen-bond acceptors (Lipinski definition) is 2. The van der Waals surface area contributed by atoms with Crippen LogP contribution in [0, 0.1) is 17.1 Å². The van der Waals surface area contributed by atoms with E-state index in [9.17, 15) is 9.65 Å². The maximum absolute atomic E-state index is 12.9. The predicted octanol–water partition coefficient (Wildman–Crippen LogP) is 3.97. The minimum atomic E-state index is -1.06. The van der Waals surface area contributed by atoms with Crippen molar-refractivity contribution in [3.8, 4) is 6.07 Å². The van der Waals surface area contributed by atoms with E-state index >= 15 is 0 Å². The first kappa shape index (κ1) is 12.2. The highest BCUT2D eigenvalue weighted by atomic mass is 35.5. The number of nitriles is 1. The lowest BCUT2D eigenvalue weighted by Gasteiger charge is -2.05. The van der Waals surface area contributed by atoms with Crippen molar-refractivity contribution < 1.29 is 9.13 Å². The molecule has 0 aromatic heterocycles. The van der Waals surface area contributed by atoms with Gasteiger partial charge in [0.05, 0.1) is 0 Å². The Bertz CT molecular complexity index is 665. The molecule has 0 N–H and O–H groups in total. The zero-order chi connectivity index (χ0) is 13.5. The molecule has 0 bridgehead atoms. The summed E-state index contributed by atoms with van der Waals surface area (Å²) in [5.74, 6) is -0.341. The first-order valence-corrected chi connectivity index (χ1v) is 6.15. The lowest BCUT2D eigenvalue weighted by molar-refractivity contribution is 0.340. The minimum Gasteiger partial charge on any atom is -0.340 e. The van der Waals surface area contributed by atoms with Crippen molar-refractivity contribution in [3.05, 3.63) is 70.5 Å². The topological polar surface area (TPSA) is 36.3 Å². The largest absolute Gasteiger partial charge is 0.340 e. The Morgan fingerprint density at radius 2 is 1.84 bits per heavy atom. The molecule has 1 aliphatic heterocycles. The van der Waals surface area contributed by atoms with E-state index < -0.39 is 11.7 Å². The third kappa shape index (κ3) is 1.90. The summed E-state index contributed by atoms with van der Waals surface area (Å²) < 4.78 is 18.5. The van der Waals surface area contributed by atoms with Crippen LogP contribution >= 0.6 is 11.6 Å². The van der Waals surface area contributed by atoms with Crippen LogP contribution in [-0.4, -0.2) is 0 Å². The Labute approximate surface area is 115 Å². The van der Waals surface area contributed by atoms with Crippen LogP contribution in [-0.2, 0) is 10.3 Å². The molecule has 0 amide bonds. The summed E-state index contributed by atoms with van der Waals surface area (Å²) in [6.45, 7) is 0. The first-order chi connectivity index (χ1) is 9.17. The van der Waals surface area contributed by atoms with Gasteiger partial charge in [-0.05, 0) is 18.2 Å². The zero-order valence-corrected chi connectivity index (χ0v) is 10.6. The van der Waals surface area contributed by atoms with Crippen molar-refractivity contribution >= 4 is 11.6 Å². The van der Waals surface area contributed by atoms with Gasteiger partial charge in [0.1, 0.15) is 18.0 Å². The van der Waals surface area contributed by atoms with Crippen LogP contribution in [0.5, 0.6) is 0 Å². The van der Waals surface area contributed by atoms with Crippen molar-refractivity contribution in [1.82, 2.24) is 0 Å². The minimum absolute atomic E-state index is 0.341. The average Bonchev–Trinajstić information content (AvgIpc) is 3.16. The Balaban J connectivity index is 1.99. The highest BCUT2D eigenvalue weighted by Crippen LogP contribution is 2.57. The molecule has 2 aromatic rings. The van der Waals surface area contributed by atoms with E-state index in [1.807, 2.05) is 18.2 Å². The van der Waals surface area contributed by atoms with Crippen LogP contribution in [0.3, 0.4) is 0 Å². The molecule has 1 heterocycles. The molecule has 4 heteroatoms. The van der Waals surface area contributed by atoms with Crippen LogP contribution in [0.1, 0.15) is 17.2 Å². The number of nitrogens with zero attached hydrogens (tertiary/aromatic N) is 1. The fourth-order valence-electron chi connectivity index (χ4n) is 2.19. The van der Waals surface area contributed by atoms with E-state index in [0.717, 1.165) is 5.56 Å². The summed E-state index contributed by atoms with van der Waals surface area (Å²) in [5, 5.41) is 9.95. The summed E-state index contributed by atoms with van der Waals surface area (Å²) in [7, 11) is 0. The summed E-state index contributed by atoms with van der Waals surface area (Å²) in [4.78, 5) is 0. The molecule has 0 radical (unpaired) electrons. The SMILES string of the molecule is N#C[C@@]1(c2ccc(F)cc2)O[C@H]1c1ccccc1Cl. The molecular formula is C15H9ClFNO. The molecule has 19 heavy (non-hydrogen) atoms. The summed E-state index contributed by atoms with van der Waals surface area (Å²) in [6.07, 6.45) is -0.406. The lowest BCUT2D eigenvalue weighted by Crippen LogP contribution is -2.07. The van der Waals surface area contributed by atoms with Crippen molar-refractivity contribution in [3.63, 3.8) is 0 Å². The number of rotatable bonds is 2. The summed E-state index contributed by atoms with van der Waals surface area (Å²) in [6, 6.07) is 15.2. The number of ether oxygens (including phenoxy) is 1. The molecule has 0 spiro atoms. The second-order valence-electron chi connectivity index (χ2n) is 4.37. The molecule has 2 atom stereocenters. The van der Waals surface area contributed by atoms with E-state index in [1.54, 1.807) is 18.2 Å². The quantitative estimate of drug-likeness (QED) is 0.776. The molecule has 2 nitrogen and oxygen atoms in total. The van der Waals surface area contributed by atoms with Gasteiger partial charge in [-0.15, -0.1) is 0 Å². The van der Waals surface area contributed by atoms with E-state index in [-0.39, 0.29) is 5.82 Å².